The lowest BCUT2D eigenvalue weighted by atomic mass is 10.0. The van der Waals surface area contributed by atoms with E-state index in [4.69, 9.17) is 5.73 Å². The minimum atomic E-state index is 0.00701. The van der Waals surface area contributed by atoms with Gasteiger partial charge in [0.1, 0.15) is 0 Å². The third-order valence-electron chi connectivity index (χ3n) is 3.62. The van der Waals surface area contributed by atoms with E-state index in [-0.39, 0.29) is 11.9 Å². The van der Waals surface area contributed by atoms with Crippen LogP contribution in [0.3, 0.4) is 0 Å². The van der Waals surface area contributed by atoms with E-state index in [0.717, 1.165) is 27.1 Å². The highest BCUT2D eigenvalue weighted by Crippen LogP contribution is 2.27. The van der Waals surface area contributed by atoms with Crippen molar-refractivity contribution in [2.24, 2.45) is 5.92 Å². The topological polar surface area (TPSA) is 55.1 Å². The first-order chi connectivity index (χ1) is 9.01. The minimum Gasteiger partial charge on any atom is -0.399 e. The number of carbonyl (C=O) groups excluding carboxylic acids is 1. The molecule has 1 amide bonds. The Balaban J connectivity index is 2.17. The summed E-state index contributed by atoms with van der Waals surface area (Å²) in [5.74, 6) is 0.488. The summed E-state index contributed by atoms with van der Waals surface area (Å²) in [6.07, 6.45) is 1.06. The Labute approximate surface area is 117 Å². The molecule has 0 spiro atoms. The van der Waals surface area contributed by atoms with Gasteiger partial charge >= 0.3 is 0 Å². The molecule has 0 aliphatic carbocycles. The molecule has 0 saturated heterocycles. The molecule has 0 aliphatic heterocycles. The Kier molecular flexibility index (Phi) is 4.10. The van der Waals surface area contributed by atoms with Crippen LogP contribution in [0, 0.1) is 5.92 Å². The van der Waals surface area contributed by atoms with E-state index < -0.39 is 0 Å². The van der Waals surface area contributed by atoms with Crippen LogP contribution >= 0.6 is 11.3 Å². The summed E-state index contributed by atoms with van der Waals surface area (Å²) < 4.78 is 1.09. The van der Waals surface area contributed by atoms with E-state index in [2.05, 4.69) is 26.1 Å². The maximum absolute atomic E-state index is 12.2. The number of benzene rings is 1. The molecule has 3 N–H and O–H groups in total. The van der Waals surface area contributed by atoms with Gasteiger partial charge in [-0.15, -0.1) is 11.3 Å². The van der Waals surface area contributed by atoms with Gasteiger partial charge in [0.05, 0.1) is 4.88 Å². The van der Waals surface area contributed by atoms with Crippen molar-refractivity contribution in [1.82, 2.24) is 5.32 Å². The second-order valence-electron chi connectivity index (χ2n) is 5.06. The molecule has 0 saturated carbocycles. The van der Waals surface area contributed by atoms with Crippen molar-refractivity contribution in [3.63, 3.8) is 0 Å². The van der Waals surface area contributed by atoms with Crippen molar-refractivity contribution in [2.45, 2.75) is 33.2 Å². The fraction of sp³-hybridized carbons (Fsp3) is 0.400. The number of nitrogens with two attached hydrogens (primary N) is 1. The van der Waals surface area contributed by atoms with Crippen molar-refractivity contribution >= 4 is 33.0 Å². The maximum Gasteiger partial charge on any atom is 0.261 e. The molecular weight excluding hydrogens is 256 g/mol. The Hall–Kier alpha value is -1.55. The first kappa shape index (κ1) is 13.9. The molecule has 0 aliphatic rings. The van der Waals surface area contributed by atoms with Gasteiger partial charge in [0, 0.05) is 16.4 Å². The van der Waals surface area contributed by atoms with Gasteiger partial charge < -0.3 is 11.1 Å². The Morgan fingerprint density at radius 3 is 2.79 bits per heavy atom. The molecule has 1 aromatic carbocycles. The predicted octanol–water partition coefficient (Wildman–Crippen LogP) is 3.65. The average molecular weight is 276 g/mol. The number of nitrogens with one attached hydrogen (secondary N) is 1. The van der Waals surface area contributed by atoms with Crippen LogP contribution in [0.15, 0.2) is 24.3 Å². The van der Waals surface area contributed by atoms with Crippen LogP contribution < -0.4 is 11.1 Å². The maximum atomic E-state index is 12.2. The second-order valence-corrected chi connectivity index (χ2v) is 6.14. The van der Waals surface area contributed by atoms with Crippen molar-refractivity contribution in [2.75, 3.05) is 5.73 Å². The zero-order valence-electron chi connectivity index (χ0n) is 11.6. The van der Waals surface area contributed by atoms with Gasteiger partial charge in [-0.25, -0.2) is 0 Å². The lowest BCUT2D eigenvalue weighted by Gasteiger charge is -2.19. The molecule has 0 fully saturated rings. The number of anilines is 1. The number of carbonyl (C=O) groups is 1. The standard InChI is InChI=1S/C15H20N2OS/c1-4-9(2)10(3)17-15(18)14-8-11-7-12(16)5-6-13(11)19-14/h5-10H,4,16H2,1-3H3,(H,17,18). The number of amides is 1. The molecule has 2 atom stereocenters. The van der Waals surface area contributed by atoms with Crippen LogP contribution in [-0.2, 0) is 0 Å². The average Bonchev–Trinajstić information content (AvgIpc) is 2.80. The van der Waals surface area contributed by atoms with Gasteiger partial charge in [-0.3, -0.25) is 4.79 Å². The lowest BCUT2D eigenvalue weighted by molar-refractivity contribution is 0.0932. The number of hydrogen-bond acceptors (Lipinski definition) is 3. The number of fused-ring (bicyclic) bond motifs is 1. The minimum absolute atomic E-state index is 0.00701. The van der Waals surface area contributed by atoms with Crippen molar-refractivity contribution in [1.29, 1.82) is 0 Å². The zero-order chi connectivity index (χ0) is 14.0. The largest absolute Gasteiger partial charge is 0.399 e. The summed E-state index contributed by atoms with van der Waals surface area (Å²) in [6.45, 7) is 6.34. The highest BCUT2D eigenvalue weighted by Gasteiger charge is 2.16. The van der Waals surface area contributed by atoms with E-state index >= 15 is 0 Å². The number of hydrogen-bond donors (Lipinski definition) is 2. The lowest BCUT2D eigenvalue weighted by Crippen LogP contribution is -2.36. The van der Waals surface area contributed by atoms with E-state index in [0.29, 0.717) is 5.92 Å². The van der Waals surface area contributed by atoms with E-state index in [1.54, 1.807) is 0 Å². The highest BCUT2D eigenvalue weighted by atomic mass is 32.1. The Morgan fingerprint density at radius 1 is 1.37 bits per heavy atom. The first-order valence-corrected chi connectivity index (χ1v) is 7.42. The van der Waals surface area contributed by atoms with Gasteiger partial charge in [0.15, 0.2) is 0 Å². The van der Waals surface area contributed by atoms with Crippen LogP contribution in [0.4, 0.5) is 5.69 Å². The smallest absolute Gasteiger partial charge is 0.261 e. The van der Waals surface area contributed by atoms with Gasteiger partial charge in [-0.05, 0) is 42.5 Å². The summed E-state index contributed by atoms with van der Waals surface area (Å²) in [5.41, 5.74) is 6.48. The van der Waals surface area contributed by atoms with Gasteiger partial charge in [0.2, 0.25) is 0 Å². The second kappa shape index (κ2) is 5.61. The summed E-state index contributed by atoms with van der Waals surface area (Å²) >= 11 is 1.51. The molecule has 2 unspecified atom stereocenters. The van der Waals surface area contributed by atoms with Crippen molar-refractivity contribution in [3.05, 3.63) is 29.1 Å². The molecule has 0 bridgehead atoms. The van der Waals surface area contributed by atoms with E-state index in [9.17, 15) is 4.79 Å². The van der Waals surface area contributed by atoms with Crippen molar-refractivity contribution < 1.29 is 4.79 Å². The molecular formula is C15H20N2OS. The third-order valence-corrected chi connectivity index (χ3v) is 4.74. The molecule has 2 aromatic rings. The van der Waals surface area contributed by atoms with Crippen LogP contribution in [-0.4, -0.2) is 11.9 Å². The fourth-order valence-corrected chi connectivity index (χ4v) is 2.89. The molecule has 2 rings (SSSR count). The van der Waals surface area contributed by atoms with E-state index in [1.807, 2.05) is 24.3 Å². The summed E-state index contributed by atoms with van der Waals surface area (Å²) in [7, 11) is 0. The zero-order valence-corrected chi connectivity index (χ0v) is 12.4. The molecule has 19 heavy (non-hydrogen) atoms. The summed E-state index contributed by atoms with van der Waals surface area (Å²) in [6, 6.07) is 7.83. The summed E-state index contributed by atoms with van der Waals surface area (Å²) in [5, 5.41) is 4.10. The Morgan fingerprint density at radius 2 is 2.11 bits per heavy atom. The SMILES string of the molecule is CCC(C)C(C)NC(=O)c1cc2cc(N)ccc2s1. The quantitative estimate of drug-likeness (QED) is 0.837. The fourth-order valence-electron chi connectivity index (χ4n) is 1.95. The molecule has 1 heterocycles. The number of rotatable bonds is 4. The summed E-state index contributed by atoms with van der Waals surface area (Å²) in [4.78, 5) is 12.9. The highest BCUT2D eigenvalue weighted by molar-refractivity contribution is 7.20. The van der Waals surface area contributed by atoms with Crippen LogP contribution in [0.25, 0.3) is 10.1 Å². The monoisotopic (exact) mass is 276 g/mol. The normalized spacial score (nSPS) is 14.3. The van der Waals surface area contributed by atoms with Crippen LogP contribution in [0.2, 0.25) is 0 Å². The van der Waals surface area contributed by atoms with Gasteiger partial charge in [-0.2, -0.15) is 0 Å². The molecule has 102 valence electrons. The third kappa shape index (κ3) is 3.07. The molecule has 1 aromatic heterocycles. The van der Waals surface area contributed by atoms with Gasteiger partial charge in [0.25, 0.3) is 5.91 Å². The van der Waals surface area contributed by atoms with E-state index in [1.165, 1.54) is 11.3 Å². The first-order valence-electron chi connectivity index (χ1n) is 6.61. The Bertz CT molecular complexity index is 591. The molecule has 3 nitrogen and oxygen atoms in total. The van der Waals surface area contributed by atoms with Gasteiger partial charge in [-0.1, -0.05) is 20.3 Å². The predicted molar refractivity (Wildman–Crippen MR) is 82.6 cm³/mol. The van der Waals surface area contributed by atoms with Crippen LogP contribution in [0.1, 0.15) is 36.9 Å². The molecule has 0 radical (unpaired) electrons. The number of thiophene rings is 1. The van der Waals surface area contributed by atoms with Crippen LogP contribution in [0.5, 0.6) is 0 Å². The van der Waals surface area contributed by atoms with Crippen molar-refractivity contribution in [3.8, 4) is 0 Å². The molecule has 4 heteroatoms. The number of nitrogen functional groups attached to an aromatic ring is 1.